The van der Waals surface area contributed by atoms with Crippen molar-refractivity contribution in [1.29, 1.82) is 0 Å². The number of ether oxygens (including phenoxy) is 4. The highest BCUT2D eigenvalue weighted by molar-refractivity contribution is 5.13. The smallest absolute Gasteiger partial charge is 0.190 e. The Morgan fingerprint density at radius 2 is 1.60 bits per heavy atom. The molecule has 2 saturated heterocycles. The predicted molar refractivity (Wildman–Crippen MR) is 139 cm³/mol. The van der Waals surface area contributed by atoms with Gasteiger partial charge in [-0.15, -0.1) is 0 Å². The molecule has 5 atom stereocenters. The van der Waals surface area contributed by atoms with Gasteiger partial charge in [0.25, 0.3) is 0 Å². The number of hydrogen-bond donors (Lipinski definition) is 2. The molecular formula is C29H49NO5. The van der Waals surface area contributed by atoms with Gasteiger partial charge in [0.2, 0.25) is 0 Å². The number of aliphatic hydroxyl groups excluding tert-OH is 1. The lowest BCUT2D eigenvalue weighted by molar-refractivity contribution is -0.222. The Morgan fingerprint density at radius 3 is 2.26 bits per heavy atom. The third-order valence-corrected chi connectivity index (χ3v) is 7.09. The first kappa shape index (κ1) is 28.5. The summed E-state index contributed by atoms with van der Waals surface area (Å²) in [6, 6.07) is 10.2. The summed E-state index contributed by atoms with van der Waals surface area (Å²) < 4.78 is 24.9. The Balaban J connectivity index is 1.45. The Kier molecular flexibility index (Phi) is 12.5. The molecule has 0 saturated carbocycles. The molecule has 2 aliphatic rings. The molecule has 200 valence electrons. The minimum Gasteiger partial charge on any atom is -0.396 e. The van der Waals surface area contributed by atoms with Gasteiger partial charge in [-0.2, -0.15) is 0 Å². The summed E-state index contributed by atoms with van der Waals surface area (Å²) in [4.78, 5) is 0. The van der Waals surface area contributed by atoms with Gasteiger partial charge in [0.05, 0.1) is 6.61 Å². The van der Waals surface area contributed by atoms with E-state index in [0.717, 1.165) is 18.5 Å². The van der Waals surface area contributed by atoms with Crippen molar-refractivity contribution < 1.29 is 24.1 Å². The van der Waals surface area contributed by atoms with Crippen molar-refractivity contribution in [2.24, 2.45) is 0 Å². The number of unbranched alkanes of at least 4 members (excludes halogenated alkanes) is 9. The van der Waals surface area contributed by atoms with E-state index >= 15 is 0 Å². The van der Waals surface area contributed by atoms with Gasteiger partial charge in [-0.05, 0) is 38.8 Å². The molecule has 2 heterocycles. The number of benzene rings is 1. The van der Waals surface area contributed by atoms with E-state index in [1.807, 2.05) is 32.0 Å². The van der Waals surface area contributed by atoms with Crippen LogP contribution in [0.3, 0.4) is 0 Å². The van der Waals surface area contributed by atoms with Crippen LogP contribution in [0.5, 0.6) is 0 Å². The topological polar surface area (TPSA) is 69.2 Å². The maximum Gasteiger partial charge on any atom is 0.190 e. The van der Waals surface area contributed by atoms with E-state index in [1.165, 1.54) is 57.8 Å². The Bertz CT molecular complexity index is 685. The van der Waals surface area contributed by atoms with Crippen molar-refractivity contribution in [3.8, 4) is 0 Å². The van der Waals surface area contributed by atoms with Crippen molar-refractivity contribution >= 4 is 0 Å². The molecule has 0 aliphatic carbocycles. The van der Waals surface area contributed by atoms with Crippen molar-refractivity contribution in [2.45, 2.75) is 134 Å². The van der Waals surface area contributed by atoms with Crippen LogP contribution in [0.4, 0.5) is 0 Å². The number of fused-ring (bicyclic) bond motifs is 1. The average Bonchev–Trinajstić information content (AvgIpc) is 3.32. The van der Waals surface area contributed by atoms with E-state index in [2.05, 4.69) is 24.4 Å². The molecule has 1 aromatic carbocycles. The quantitative estimate of drug-likeness (QED) is 0.256. The van der Waals surface area contributed by atoms with Crippen LogP contribution >= 0.6 is 0 Å². The third-order valence-electron chi connectivity index (χ3n) is 7.09. The van der Waals surface area contributed by atoms with Gasteiger partial charge >= 0.3 is 0 Å². The van der Waals surface area contributed by atoms with Crippen LogP contribution in [0.1, 0.15) is 97.0 Å². The Morgan fingerprint density at radius 1 is 0.943 bits per heavy atom. The highest BCUT2D eigenvalue weighted by atomic mass is 16.8. The molecule has 35 heavy (non-hydrogen) atoms. The van der Waals surface area contributed by atoms with Gasteiger partial charge in [0.1, 0.15) is 18.3 Å². The number of nitrogens with one attached hydrogen (secondary N) is 1. The number of rotatable bonds is 18. The van der Waals surface area contributed by atoms with Crippen molar-refractivity contribution in [1.82, 2.24) is 5.32 Å². The monoisotopic (exact) mass is 491 g/mol. The van der Waals surface area contributed by atoms with Crippen molar-refractivity contribution in [3.05, 3.63) is 35.9 Å². The van der Waals surface area contributed by atoms with E-state index in [9.17, 15) is 5.11 Å². The minimum absolute atomic E-state index is 0.0137. The highest BCUT2D eigenvalue weighted by Gasteiger charge is 2.56. The number of aliphatic hydroxyl groups is 1. The third kappa shape index (κ3) is 9.42. The summed E-state index contributed by atoms with van der Waals surface area (Å²) in [5.41, 5.74) is 1.12. The fourth-order valence-electron chi connectivity index (χ4n) is 5.21. The molecule has 0 radical (unpaired) electrons. The van der Waals surface area contributed by atoms with Gasteiger partial charge < -0.3 is 29.4 Å². The fraction of sp³-hybridized carbons (Fsp3) is 0.793. The summed E-state index contributed by atoms with van der Waals surface area (Å²) in [6.45, 7) is 7.59. The Hall–Kier alpha value is -1.02. The molecule has 2 aliphatic heterocycles. The van der Waals surface area contributed by atoms with Crippen LogP contribution < -0.4 is 5.32 Å². The lowest BCUT2D eigenvalue weighted by Crippen LogP contribution is -2.49. The average molecular weight is 492 g/mol. The maximum absolute atomic E-state index is 9.76. The molecule has 4 unspecified atom stereocenters. The maximum atomic E-state index is 9.76. The zero-order valence-corrected chi connectivity index (χ0v) is 22.3. The zero-order chi connectivity index (χ0) is 24.9. The molecule has 3 rings (SSSR count). The van der Waals surface area contributed by atoms with E-state index in [1.54, 1.807) is 0 Å². The molecule has 0 bridgehead atoms. The first-order valence-corrected chi connectivity index (χ1v) is 14.0. The van der Waals surface area contributed by atoms with Crippen LogP contribution in [0.15, 0.2) is 30.3 Å². The van der Waals surface area contributed by atoms with Gasteiger partial charge in [-0.1, -0.05) is 95.0 Å². The summed E-state index contributed by atoms with van der Waals surface area (Å²) >= 11 is 0. The summed E-state index contributed by atoms with van der Waals surface area (Å²) in [7, 11) is 0. The van der Waals surface area contributed by atoms with Gasteiger partial charge in [-0.3, -0.25) is 0 Å². The normalized spacial score (nSPS) is 26.2. The second-order valence-corrected chi connectivity index (χ2v) is 10.6. The van der Waals surface area contributed by atoms with Crippen LogP contribution in [-0.2, 0) is 25.6 Å². The lowest BCUT2D eigenvalue weighted by atomic mass is 10.00. The standard InChI is InChI=1S/C29H49NO5/c1-4-5-6-7-8-9-10-11-12-16-20-30-24(19-21-31)25-26(32-22-23-17-14-13-15-18-23)27-28(33-25)35-29(2,3)34-27/h13-15,17-18,24-28,30-31H,4-12,16,19-22H2,1-3H3/t24?,25?,26-,27?,28?/m0/s1. The molecule has 6 nitrogen and oxygen atoms in total. The molecule has 1 aromatic rings. The molecule has 0 aromatic heterocycles. The van der Waals surface area contributed by atoms with E-state index in [4.69, 9.17) is 18.9 Å². The predicted octanol–water partition coefficient (Wildman–Crippen LogP) is 5.71. The number of hydrogen-bond acceptors (Lipinski definition) is 6. The van der Waals surface area contributed by atoms with Crippen molar-refractivity contribution in [2.75, 3.05) is 13.2 Å². The highest BCUT2D eigenvalue weighted by Crippen LogP contribution is 2.40. The molecule has 6 heteroatoms. The second-order valence-electron chi connectivity index (χ2n) is 10.6. The molecule has 2 N–H and O–H groups in total. The second kappa shape index (κ2) is 15.3. The molecular weight excluding hydrogens is 442 g/mol. The SMILES string of the molecule is CCCCCCCCCCCCNC(CCO)C1OC2OC(C)(C)OC2[C@H]1OCc1ccccc1. The summed E-state index contributed by atoms with van der Waals surface area (Å²) in [5.74, 6) is -0.690. The minimum atomic E-state index is -0.690. The first-order chi connectivity index (χ1) is 17.0. The van der Waals surface area contributed by atoms with E-state index < -0.39 is 12.1 Å². The van der Waals surface area contributed by atoms with E-state index in [-0.39, 0.29) is 31.0 Å². The Labute approximate surface area is 213 Å². The van der Waals surface area contributed by atoms with Gasteiger partial charge in [0.15, 0.2) is 12.1 Å². The van der Waals surface area contributed by atoms with Crippen LogP contribution in [-0.4, -0.2) is 54.7 Å². The van der Waals surface area contributed by atoms with Crippen LogP contribution in [0.2, 0.25) is 0 Å². The summed E-state index contributed by atoms with van der Waals surface area (Å²) in [6.07, 6.45) is 12.6. The summed E-state index contributed by atoms with van der Waals surface area (Å²) in [5, 5.41) is 13.4. The molecule has 0 amide bonds. The van der Waals surface area contributed by atoms with Gasteiger partial charge in [-0.25, -0.2) is 0 Å². The van der Waals surface area contributed by atoms with E-state index in [0.29, 0.717) is 13.0 Å². The fourth-order valence-corrected chi connectivity index (χ4v) is 5.21. The molecule has 0 spiro atoms. The zero-order valence-electron chi connectivity index (χ0n) is 22.3. The lowest BCUT2D eigenvalue weighted by Gasteiger charge is -2.31. The van der Waals surface area contributed by atoms with Crippen molar-refractivity contribution in [3.63, 3.8) is 0 Å². The first-order valence-electron chi connectivity index (χ1n) is 14.0. The molecule has 2 fully saturated rings. The largest absolute Gasteiger partial charge is 0.396 e. The van der Waals surface area contributed by atoms with Crippen LogP contribution in [0.25, 0.3) is 0 Å². The van der Waals surface area contributed by atoms with Gasteiger partial charge in [0, 0.05) is 12.6 Å². The van der Waals surface area contributed by atoms with Crippen LogP contribution in [0, 0.1) is 0 Å².